The van der Waals surface area contributed by atoms with Crippen molar-refractivity contribution in [3.05, 3.63) is 57.1 Å². The first-order valence-electron chi connectivity index (χ1n) is 7.91. The lowest BCUT2D eigenvalue weighted by molar-refractivity contribution is 0.103. The summed E-state index contributed by atoms with van der Waals surface area (Å²) in [6, 6.07) is 9.67. The van der Waals surface area contributed by atoms with Crippen molar-refractivity contribution in [1.82, 2.24) is 9.55 Å². The molecule has 0 spiro atoms. The van der Waals surface area contributed by atoms with Crippen LogP contribution in [0.3, 0.4) is 0 Å². The van der Waals surface area contributed by atoms with E-state index in [0.717, 1.165) is 40.2 Å². The lowest BCUT2D eigenvalue weighted by atomic mass is 10.1. The van der Waals surface area contributed by atoms with Gasteiger partial charge in [0.2, 0.25) is 0 Å². The third kappa shape index (κ3) is 3.03. The molecule has 0 saturated heterocycles. The molecule has 4 rings (SSSR count). The Labute approximate surface area is 152 Å². The number of amides is 1. The lowest BCUT2D eigenvalue weighted by Crippen LogP contribution is -2.10. The van der Waals surface area contributed by atoms with Gasteiger partial charge in [-0.1, -0.05) is 18.2 Å². The number of nitrogens with zero attached hydrogens (tertiary/aromatic N) is 2. The minimum absolute atomic E-state index is 0.0953. The molecule has 4 nitrogen and oxygen atoms in total. The van der Waals surface area contributed by atoms with Crippen LogP contribution in [0.15, 0.2) is 46.4 Å². The first-order valence-corrected chi connectivity index (χ1v) is 9.59. The highest BCUT2D eigenvalue weighted by Gasteiger charge is 2.17. The van der Waals surface area contributed by atoms with Crippen LogP contribution >= 0.6 is 27.3 Å². The number of para-hydroxylation sites is 1. The van der Waals surface area contributed by atoms with Gasteiger partial charge in [0, 0.05) is 34.6 Å². The quantitative estimate of drug-likeness (QED) is 0.673. The Morgan fingerprint density at radius 3 is 2.96 bits per heavy atom. The van der Waals surface area contributed by atoms with Crippen molar-refractivity contribution in [2.24, 2.45) is 0 Å². The molecule has 0 saturated carbocycles. The minimum atomic E-state index is -0.0953. The molecule has 3 aromatic rings. The van der Waals surface area contributed by atoms with Gasteiger partial charge >= 0.3 is 0 Å². The number of rotatable bonds is 3. The number of carbonyl (C=O) groups excluding carboxylic acids is 1. The van der Waals surface area contributed by atoms with Crippen LogP contribution in [0.5, 0.6) is 0 Å². The third-order valence-corrected chi connectivity index (χ3v) is 5.84. The summed E-state index contributed by atoms with van der Waals surface area (Å²) < 4.78 is 3.15. The molecule has 1 aliphatic heterocycles. The number of carbonyl (C=O) groups is 1. The molecular formula is C18H16BrN3OS. The summed E-state index contributed by atoms with van der Waals surface area (Å²) in [4.78, 5) is 17.9. The molecule has 3 heterocycles. The summed E-state index contributed by atoms with van der Waals surface area (Å²) in [6.45, 7) is 1.03. The van der Waals surface area contributed by atoms with E-state index in [1.807, 2.05) is 35.7 Å². The predicted octanol–water partition coefficient (Wildman–Crippen LogP) is 4.96. The maximum absolute atomic E-state index is 12.5. The van der Waals surface area contributed by atoms with Gasteiger partial charge in [0.1, 0.15) is 5.82 Å². The van der Waals surface area contributed by atoms with Crippen molar-refractivity contribution in [3.8, 4) is 11.3 Å². The maximum Gasteiger partial charge on any atom is 0.265 e. The molecule has 1 aromatic carbocycles. The number of aryl methyl sites for hydroxylation is 2. The van der Waals surface area contributed by atoms with Gasteiger partial charge in [0.05, 0.1) is 16.3 Å². The number of nitrogens with one attached hydrogen (secondary N) is 1. The van der Waals surface area contributed by atoms with Gasteiger partial charge in [-0.05, 0) is 40.9 Å². The van der Waals surface area contributed by atoms with Crippen molar-refractivity contribution in [3.63, 3.8) is 0 Å². The van der Waals surface area contributed by atoms with Crippen molar-refractivity contribution in [2.75, 3.05) is 5.32 Å². The normalized spacial score (nSPS) is 13.5. The summed E-state index contributed by atoms with van der Waals surface area (Å²) in [5.41, 5.74) is 2.68. The first kappa shape index (κ1) is 15.6. The van der Waals surface area contributed by atoms with E-state index in [2.05, 4.69) is 32.0 Å². The highest BCUT2D eigenvalue weighted by Crippen LogP contribution is 2.30. The average Bonchev–Trinajstić information content (AvgIpc) is 3.21. The van der Waals surface area contributed by atoms with Gasteiger partial charge < -0.3 is 9.88 Å². The molecule has 0 fully saturated rings. The third-order valence-electron chi connectivity index (χ3n) is 4.15. The summed E-state index contributed by atoms with van der Waals surface area (Å²) in [5, 5.41) is 4.93. The zero-order valence-electron chi connectivity index (χ0n) is 13.0. The molecule has 0 unspecified atom stereocenters. The topological polar surface area (TPSA) is 46.9 Å². The Balaban J connectivity index is 1.65. The second-order valence-corrected chi connectivity index (χ2v) is 7.65. The highest BCUT2D eigenvalue weighted by molar-refractivity contribution is 9.10. The summed E-state index contributed by atoms with van der Waals surface area (Å²) in [7, 11) is 0. The van der Waals surface area contributed by atoms with E-state index in [4.69, 9.17) is 4.98 Å². The van der Waals surface area contributed by atoms with Crippen LogP contribution in [0.25, 0.3) is 11.3 Å². The fraction of sp³-hybridized carbons (Fsp3) is 0.222. The van der Waals surface area contributed by atoms with Gasteiger partial charge in [-0.15, -0.1) is 11.3 Å². The number of anilines is 1. The molecule has 0 atom stereocenters. The van der Waals surface area contributed by atoms with E-state index in [1.165, 1.54) is 24.2 Å². The Morgan fingerprint density at radius 1 is 1.29 bits per heavy atom. The number of imidazole rings is 1. The molecule has 0 radical (unpaired) electrons. The Hall–Kier alpha value is -1.92. The van der Waals surface area contributed by atoms with E-state index >= 15 is 0 Å². The molecule has 24 heavy (non-hydrogen) atoms. The van der Waals surface area contributed by atoms with Crippen molar-refractivity contribution >= 4 is 38.9 Å². The number of hydrogen-bond donors (Lipinski definition) is 1. The maximum atomic E-state index is 12.5. The first-order chi connectivity index (χ1) is 11.7. The average molecular weight is 402 g/mol. The van der Waals surface area contributed by atoms with E-state index in [-0.39, 0.29) is 5.91 Å². The van der Waals surface area contributed by atoms with Crippen LogP contribution in [0.4, 0.5) is 5.69 Å². The number of benzene rings is 1. The fourth-order valence-corrected chi connectivity index (χ4v) is 4.30. The number of thiophene rings is 1. The predicted molar refractivity (Wildman–Crippen MR) is 101 cm³/mol. The number of fused-ring (bicyclic) bond motifs is 1. The molecule has 0 aliphatic carbocycles. The van der Waals surface area contributed by atoms with Crippen LogP contribution in [0.1, 0.15) is 28.3 Å². The van der Waals surface area contributed by atoms with Gasteiger partial charge in [-0.2, -0.15) is 0 Å². The molecule has 0 bridgehead atoms. The summed E-state index contributed by atoms with van der Waals surface area (Å²) in [6.07, 6.45) is 5.52. The Kier molecular flexibility index (Phi) is 4.24. The van der Waals surface area contributed by atoms with Gasteiger partial charge in [-0.25, -0.2) is 4.98 Å². The zero-order valence-corrected chi connectivity index (χ0v) is 15.4. The molecular weight excluding hydrogens is 386 g/mol. The monoisotopic (exact) mass is 401 g/mol. The van der Waals surface area contributed by atoms with Gasteiger partial charge in [0.15, 0.2) is 0 Å². The van der Waals surface area contributed by atoms with Crippen LogP contribution in [-0.2, 0) is 13.0 Å². The van der Waals surface area contributed by atoms with Crippen LogP contribution in [-0.4, -0.2) is 15.5 Å². The minimum Gasteiger partial charge on any atom is -0.334 e. The van der Waals surface area contributed by atoms with Gasteiger partial charge in [0.25, 0.3) is 5.91 Å². The SMILES string of the molecule is O=C(Nc1ccccc1-c1cn2c(n1)CCCC2)c1cc(Br)cs1. The number of hydrogen-bond acceptors (Lipinski definition) is 3. The van der Waals surface area contributed by atoms with E-state index in [9.17, 15) is 4.79 Å². The lowest BCUT2D eigenvalue weighted by Gasteiger charge is -2.11. The zero-order chi connectivity index (χ0) is 16.5. The van der Waals surface area contributed by atoms with Crippen LogP contribution < -0.4 is 5.32 Å². The van der Waals surface area contributed by atoms with Crippen LogP contribution in [0.2, 0.25) is 0 Å². The molecule has 1 N–H and O–H groups in total. The van der Waals surface area contributed by atoms with Crippen molar-refractivity contribution < 1.29 is 4.79 Å². The smallest absolute Gasteiger partial charge is 0.265 e. The standard InChI is InChI=1S/C18H16BrN3OS/c19-12-9-16(24-11-12)18(23)21-14-6-2-1-5-13(14)15-10-22-8-4-3-7-17(22)20-15/h1-2,5-6,9-11H,3-4,7-8H2,(H,21,23). The van der Waals surface area contributed by atoms with Crippen molar-refractivity contribution in [2.45, 2.75) is 25.8 Å². The number of halogens is 1. The van der Waals surface area contributed by atoms with E-state index in [0.29, 0.717) is 4.88 Å². The Morgan fingerprint density at radius 2 is 2.17 bits per heavy atom. The Bertz CT molecular complexity index is 876. The molecule has 122 valence electrons. The summed E-state index contributed by atoms with van der Waals surface area (Å²) in [5.74, 6) is 1.04. The van der Waals surface area contributed by atoms with Gasteiger partial charge in [-0.3, -0.25) is 4.79 Å². The second kappa shape index (κ2) is 6.53. The molecule has 2 aromatic heterocycles. The van der Waals surface area contributed by atoms with E-state index < -0.39 is 0 Å². The van der Waals surface area contributed by atoms with Crippen LogP contribution in [0, 0.1) is 0 Å². The van der Waals surface area contributed by atoms with Crippen molar-refractivity contribution in [1.29, 1.82) is 0 Å². The molecule has 1 amide bonds. The van der Waals surface area contributed by atoms with E-state index in [1.54, 1.807) is 0 Å². The highest BCUT2D eigenvalue weighted by atomic mass is 79.9. The largest absolute Gasteiger partial charge is 0.334 e. The second-order valence-electron chi connectivity index (χ2n) is 5.82. The summed E-state index contributed by atoms with van der Waals surface area (Å²) >= 11 is 4.81. The number of aromatic nitrogens is 2. The molecule has 6 heteroatoms. The molecule has 1 aliphatic rings. The fourth-order valence-electron chi connectivity index (χ4n) is 2.97.